The van der Waals surface area contributed by atoms with E-state index in [9.17, 15) is 0 Å². The molecule has 0 aliphatic heterocycles. The van der Waals surface area contributed by atoms with Gasteiger partial charge in [-0.05, 0) is 37.5 Å². The average molecular weight is 247 g/mol. The lowest BCUT2D eigenvalue weighted by atomic mass is 10.1. The Labute approximate surface area is 106 Å². The van der Waals surface area contributed by atoms with E-state index < -0.39 is 0 Å². The van der Waals surface area contributed by atoms with Gasteiger partial charge in [0.05, 0.1) is 0 Å². The Kier molecular flexibility index (Phi) is 3.86. The van der Waals surface area contributed by atoms with Crippen LogP contribution in [0.2, 0.25) is 0 Å². The van der Waals surface area contributed by atoms with Gasteiger partial charge in [-0.2, -0.15) is 0 Å². The Bertz CT molecular complexity index is 477. The van der Waals surface area contributed by atoms with Crippen LogP contribution in [0.5, 0.6) is 0 Å². The van der Waals surface area contributed by atoms with Crippen LogP contribution in [-0.4, -0.2) is 16.0 Å². The van der Waals surface area contributed by atoms with Crippen molar-refractivity contribution >= 4 is 11.8 Å². The number of aromatic nitrogens is 2. The molecule has 0 radical (unpaired) electrons. The fourth-order valence-electron chi connectivity index (χ4n) is 1.74. The van der Waals surface area contributed by atoms with Gasteiger partial charge >= 0.3 is 0 Å². The van der Waals surface area contributed by atoms with Gasteiger partial charge in [0, 0.05) is 23.3 Å². The molecule has 0 saturated heterocycles. The van der Waals surface area contributed by atoms with E-state index in [0.717, 1.165) is 11.6 Å². The largest absolute Gasteiger partial charge is 0.339 e. The lowest BCUT2D eigenvalue weighted by Crippen LogP contribution is -2.17. The van der Waals surface area contributed by atoms with Crippen molar-refractivity contribution in [3.63, 3.8) is 0 Å². The molecule has 2 aromatic rings. The van der Waals surface area contributed by atoms with Crippen molar-refractivity contribution in [2.24, 2.45) is 5.73 Å². The topological polar surface area (TPSA) is 54.7 Å². The molecular weight excluding hydrogens is 230 g/mol. The first kappa shape index (κ1) is 12.2. The summed E-state index contributed by atoms with van der Waals surface area (Å²) >= 11 is 1.65. The molecule has 0 amide bonds. The molecule has 0 spiro atoms. The number of rotatable bonds is 4. The monoisotopic (exact) mass is 247 g/mol. The Morgan fingerprint density at radius 3 is 2.88 bits per heavy atom. The van der Waals surface area contributed by atoms with E-state index in [4.69, 9.17) is 5.73 Å². The van der Waals surface area contributed by atoms with Crippen LogP contribution in [0.3, 0.4) is 0 Å². The van der Waals surface area contributed by atoms with Gasteiger partial charge in [0.2, 0.25) is 0 Å². The molecule has 0 bridgehead atoms. The lowest BCUT2D eigenvalue weighted by molar-refractivity contribution is 0.737. The first-order chi connectivity index (χ1) is 8.15. The molecular formula is C13H17N3S. The third kappa shape index (κ3) is 3.35. The highest BCUT2D eigenvalue weighted by atomic mass is 32.2. The third-order valence-corrected chi connectivity index (χ3v) is 3.57. The van der Waals surface area contributed by atoms with E-state index in [0.29, 0.717) is 0 Å². The maximum atomic E-state index is 5.80. The molecule has 2 rings (SSSR count). The van der Waals surface area contributed by atoms with Crippen LogP contribution in [0.4, 0.5) is 0 Å². The number of hydrogen-bond acceptors (Lipinski definition) is 3. The summed E-state index contributed by atoms with van der Waals surface area (Å²) in [4.78, 5) is 8.53. The summed E-state index contributed by atoms with van der Waals surface area (Å²) in [5.74, 6) is 0. The average Bonchev–Trinajstić information content (AvgIpc) is 2.74. The highest BCUT2D eigenvalue weighted by Crippen LogP contribution is 2.28. The third-order valence-electron chi connectivity index (χ3n) is 2.48. The Morgan fingerprint density at radius 2 is 2.29 bits per heavy atom. The first-order valence-electron chi connectivity index (χ1n) is 5.67. The van der Waals surface area contributed by atoms with Crippen LogP contribution in [0.1, 0.15) is 18.1 Å². The minimum absolute atomic E-state index is 0.206. The van der Waals surface area contributed by atoms with Crippen molar-refractivity contribution in [3.8, 4) is 0 Å². The molecule has 0 saturated carbocycles. The van der Waals surface area contributed by atoms with Crippen molar-refractivity contribution in [1.82, 2.24) is 9.97 Å². The van der Waals surface area contributed by atoms with Gasteiger partial charge < -0.3 is 10.7 Å². The van der Waals surface area contributed by atoms with Crippen molar-refractivity contribution in [2.45, 2.75) is 36.4 Å². The molecule has 90 valence electrons. The summed E-state index contributed by atoms with van der Waals surface area (Å²) in [6, 6.07) is 6.69. The first-order valence-corrected chi connectivity index (χ1v) is 6.49. The van der Waals surface area contributed by atoms with E-state index in [2.05, 4.69) is 35.1 Å². The molecule has 0 aliphatic rings. The smallest absolute Gasteiger partial charge is 0.170 e. The molecule has 0 aliphatic carbocycles. The van der Waals surface area contributed by atoms with Crippen molar-refractivity contribution in [3.05, 3.63) is 41.7 Å². The SMILES string of the molecule is Cc1cc(CC(C)N)ccc1Sc1ncc[nH]1. The second kappa shape index (κ2) is 5.38. The molecule has 1 unspecified atom stereocenters. The number of hydrogen-bond donors (Lipinski definition) is 2. The number of imidazole rings is 1. The summed E-state index contributed by atoms with van der Waals surface area (Å²) in [5.41, 5.74) is 8.36. The number of aromatic amines is 1. The summed E-state index contributed by atoms with van der Waals surface area (Å²) < 4.78 is 0. The molecule has 3 N–H and O–H groups in total. The van der Waals surface area contributed by atoms with Gasteiger partial charge in [-0.25, -0.2) is 4.98 Å². The Morgan fingerprint density at radius 1 is 1.47 bits per heavy atom. The van der Waals surface area contributed by atoms with Gasteiger partial charge in [0.25, 0.3) is 0 Å². The van der Waals surface area contributed by atoms with Crippen LogP contribution < -0.4 is 5.73 Å². The van der Waals surface area contributed by atoms with E-state index in [1.807, 2.05) is 13.1 Å². The number of benzene rings is 1. The zero-order valence-corrected chi connectivity index (χ0v) is 10.9. The van der Waals surface area contributed by atoms with Crippen molar-refractivity contribution in [2.75, 3.05) is 0 Å². The van der Waals surface area contributed by atoms with Crippen molar-refractivity contribution < 1.29 is 0 Å². The van der Waals surface area contributed by atoms with E-state index >= 15 is 0 Å². The molecule has 1 heterocycles. The number of aryl methyl sites for hydroxylation is 1. The van der Waals surface area contributed by atoms with E-state index in [1.165, 1.54) is 16.0 Å². The number of H-pyrrole nitrogens is 1. The summed E-state index contributed by atoms with van der Waals surface area (Å²) in [6.45, 7) is 4.15. The van der Waals surface area contributed by atoms with E-state index in [-0.39, 0.29) is 6.04 Å². The number of nitrogens with zero attached hydrogens (tertiary/aromatic N) is 1. The zero-order valence-electron chi connectivity index (χ0n) is 10.1. The molecule has 1 aromatic carbocycles. The molecule has 17 heavy (non-hydrogen) atoms. The second-order valence-electron chi connectivity index (χ2n) is 4.28. The fraction of sp³-hybridized carbons (Fsp3) is 0.308. The van der Waals surface area contributed by atoms with Crippen molar-refractivity contribution in [1.29, 1.82) is 0 Å². The van der Waals surface area contributed by atoms with E-state index in [1.54, 1.807) is 18.0 Å². The highest BCUT2D eigenvalue weighted by Gasteiger charge is 2.05. The molecule has 3 nitrogen and oxygen atoms in total. The Balaban J connectivity index is 2.14. The summed E-state index contributed by atoms with van der Waals surface area (Å²) in [6.07, 6.45) is 4.52. The van der Waals surface area contributed by atoms with Gasteiger partial charge in [0.1, 0.15) is 0 Å². The highest BCUT2D eigenvalue weighted by molar-refractivity contribution is 7.99. The predicted octanol–water partition coefficient (Wildman–Crippen LogP) is 2.76. The lowest BCUT2D eigenvalue weighted by Gasteiger charge is -2.09. The fourth-order valence-corrected chi connectivity index (χ4v) is 2.54. The molecule has 1 aromatic heterocycles. The van der Waals surface area contributed by atoms with Gasteiger partial charge in [0.15, 0.2) is 5.16 Å². The normalized spacial score (nSPS) is 12.6. The van der Waals surface area contributed by atoms with Gasteiger partial charge in [-0.1, -0.05) is 23.9 Å². The second-order valence-corrected chi connectivity index (χ2v) is 5.31. The Hall–Kier alpha value is -1.26. The standard InChI is InChI=1S/C13H17N3S/c1-9-7-11(8-10(2)14)3-4-12(9)17-13-15-5-6-16-13/h3-7,10H,8,14H2,1-2H3,(H,15,16). The molecule has 4 heteroatoms. The van der Waals surface area contributed by atoms with Gasteiger partial charge in [-0.3, -0.25) is 0 Å². The van der Waals surface area contributed by atoms with Gasteiger partial charge in [-0.15, -0.1) is 0 Å². The van der Waals surface area contributed by atoms with Crippen LogP contribution in [-0.2, 0) is 6.42 Å². The summed E-state index contributed by atoms with van der Waals surface area (Å²) in [7, 11) is 0. The number of nitrogens with two attached hydrogens (primary N) is 1. The molecule has 0 fully saturated rings. The quantitative estimate of drug-likeness (QED) is 0.873. The zero-order chi connectivity index (χ0) is 12.3. The minimum atomic E-state index is 0.206. The molecule has 1 atom stereocenters. The minimum Gasteiger partial charge on any atom is -0.339 e. The maximum absolute atomic E-state index is 5.80. The predicted molar refractivity (Wildman–Crippen MR) is 71.2 cm³/mol. The van der Waals surface area contributed by atoms with Crippen LogP contribution >= 0.6 is 11.8 Å². The number of nitrogens with one attached hydrogen (secondary N) is 1. The summed E-state index contributed by atoms with van der Waals surface area (Å²) in [5, 5.41) is 0.924. The van der Waals surface area contributed by atoms with Crippen LogP contribution in [0, 0.1) is 6.92 Å². The maximum Gasteiger partial charge on any atom is 0.170 e. The van der Waals surface area contributed by atoms with Crippen LogP contribution in [0.25, 0.3) is 0 Å². The van der Waals surface area contributed by atoms with Crippen LogP contribution in [0.15, 0.2) is 40.6 Å².